The van der Waals surface area contributed by atoms with E-state index in [0.29, 0.717) is 0 Å². The zero-order chi connectivity index (χ0) is 33.8. The first-order valence-corrected chi connectivity index (χ1v) is 16.3. The molecule has 0 aromatic carbocycles. The number of rotatable bonds is 11. The van der Waals surface area contributed by atoms with Gasteiger partial charge in [-0.05, 0) is 82.8 Å². The van der Waals surface area contributed by atoms with Gasteiger partial charge in [-0.15, -0.1) is 0 Å². The molecule has 0 heterocycles. The first-order chi connectivity index (χ1) is 21.0. The highest BCUT2D eigenvalue weighted by Crippen LogP contribution is 2.42. The third-order valence-corrected chi connectivity index (χ3v) is 8.56. The Morgan fingerprint density at radius 3 is 1.47 bits per heavy atom. The number of carbonyl (C=O) groups excluding carboxylic acids is 1. The fraction of sp³-hybridized carbons (Fsp3) is 0.452. The van der Waals surface area contributed by atoms with Gasteiger partial charge in [0, 0.05) is 13.3 Å². The number of aliphatic hydroxyl groups is 1. The zero-order valence-electron chi connectivity index (χ0n) is 29.8. The molecule has 0 aromatic heterocycles. The summed E-state index contributed by atoms with van der Waals surface area (Å²) in [6.07, 6.45) is 32.8. The molecular weight excluding hydrogens is 552 g/mol. The van der Waals surface area contributed by atoms with Crippen molar-refractivity contribution in [3.8, 4) is 0 Å². The Morgan fingerprint density at radius 2 is 1.04 bits per heavy atom. The number of allylic oxidation sites excluding steroid dienone is 20. The summed E-state index contributed by atoms with van der Waals surface area (Å²) in [7, 11) is 0. The Labute approximate surface area is 274 Å². The van der Waals surface area contributed by atoms with Gasteiger partial charge in [-0.1, -0.05) is 146 Å². The lowest BCUT2D eigenvalue weighted by molar-refractivity contribution is -0.147. The normalized spacial score (nSPS) is 24.0. The summed E-state index contributed by atoms with van der Waals surface area (Å²) >= 11 is 0. The lowest BCUT2D eigenvalue weighted by Crippen LogP contribution is -2.31. The van der Waals surface area contributed by atoms with E-state index in [1.165, 1.54) is 51.5 Å². The predicted octanol–water partition coefficient (Wildman–Crippen LogP) is 11.1. The van der Waals surface area contributed by atoms with Crippen molar-refractivity contribution >= 4 is 5.97 Å². The maximum Gasteiger partial charge on any atom is 0.302 e. The molecule has 0 saturated heterocycles. The SMILES string of the molecule is CC(=O)O[C@@H]1CC(C)=C(C=CC(C)=CC=CC(C)=CC=CC=C(C)C=CC=C(C)C=CC2=C(C)C[C@H](O)CC2(C)C)C(C)(C)C1. The molecule has 0 fully saturated rings. The first kappa shape index (κ1) is 37.8. The Bertz CT molecular complexity index is 1400. The van der Waals surface area contributed by atoms with Crippen LogP contribution in [0.1, 0.15) is 102 Å². The standard InChI is InChI=1S/C42H58O3/c1-30(18-14-20-32(3)22-24-39-34(5)26-37(44)28-41(39,8)9)16-12-13-17-31(2)19-15-21-33(4)23-25-40-35(6)27-38(45-36(7)43)29-42(40,10)11/h12-25,37-38,44H,26-29H2,1-11H3/t37-,38+/m0/s1. The van der Waals surface area contributed by atoms with Crippen molar-refractivity contribution < 1.29 is 14.6 Å². The Kier molecular flexibility index (Phi) is 14.5. The fourth-order valence-corrected chi connectivity index (χ4v) is 6.42. The Balaban J connectivity index is 1.92. The van der Waals surface area contributed by atoms with Crippen LogP contribution >= 0.6 is 0 Å². The number of aliphatic hydroxyl groups excluding tert-OH is 1. The molecule has 45 heavy (non-hydrogen) atoms. The van der Waals surface area contributed by atoms with Gasteiger partial charge in [-0.3, -0.25) is 4.79 Å². The number of ether oxygens (including phenoxy) is 1. The van der Waals surface area contributed by atoms with Crippen LogP contribution in [0, 0.1) is 10.8 Å². The quantitative estimate of drug-likeness (QED) is 0.187. The largest absolute Gasteiger partial charge is 0.462 e. The van der Waals surface area contributed by atoms with E-state index in [1.807, 2.05) is 0 Å². The minimum atomic E-state index is -0.231. The topological polar surface area (TPSA) is 46.5 Å². The fourth-order valence-electron chi connectivity index (χ4n) is 6.42. The Morgan fingerprint density at radius 1 is 0.644 bits per heavy atom. The van der Waals surface area contributed by atoms with E-state index >= 15 is 0 Å². The summed E-state index contributed by atoms with van der Waals surface area (Å²) in [5.41, 5.74) is 9.95. The van der Waals surface area contributed by atoms with Crippen molar-refractivity contribution in [1.29, 1.82) is 0 Å². The van der Waals surface area contributed by atoms with Crippen LogP contribution in [0.15, 0.2) is 130 Å². The van der Waals surface area contributed by atoms with E-state index in [4.69, 9.17) is 4.74 Å². The van der Waals surface area contributed by atoms with Crippen LogP contribution in [0.2, 0.25) is 0 Å². The van der Waals surface area contributed by atoms with Crippen molar-refractivity contribution in [2.24, 2.45) is 10.8 Å². The molecule has 244 valence electrons. The third-order valence-electron chi connectivity index (χ3n) is 8.56. The zero-order valence-corrected chi connectivity index (χ0v) is 29.8. The highest BCUT2D eigenvalue weighted by atomic mass is 16.5. The molecule has 3 heteroatoms. The maximum atomic E-state index is 11.4. The summed E-state index contributed by atoms with van der Waals surface area (Å²) < 4.78 is 5.51. The van der Waals surface area contributed by atoms with Gasteiger partial charge in [0.25, 0.3) is 0 Å². The van der Waals surface area contributed by atoms with E-state index in [1.54, 1.807) is 0 Å². The van der Waals surface area contributed by atoms with Crippen molar-refractivity contribution in [3.63, 3.8) is 0 Å². The predicted molar refractivity (Wildman–Crippen MR) is 194 cm³/mol. The molecule has 0 unspecified atom stereocenters. The second kappa shape index (κ2) is 17.3. The van der Waals surface area contributed by atoms with Crippen molar-refractivity contribution in [3.05, 3.63) is 130 Å². The highest BCUT2D eigenvalue weighted by molar-refractivity contribution is 5.66. The van der Waals surface area contributed by atoms with Crippen LogP contribution in [0.5, 0.6) is 0 Å². The smallest absolute Gasteiger partial charge is 0.302 e. The van der Waals surface area contributed by atoms with Crippen LogP contribution in [0.25, 0.3) is 0 Å². The molecule has 0 bridgehead atoms. The van der Waals surface area contributed by atoms with E-state index in [2.05, 4.69) is 154 Å². The lowest BCUT2D eigenvalue weighted by Gasteiger charge is -2.37. The number of esters is 1. The van der Waals surface area contributed by atoms with Gasteiger partial charge < -0.3 is 9.84 Å². The summed E-state index contributed by atoms with van der Waals surface area (Å²) in [5, 5.41) is 10.1. The van der Waals surface area contributed by atoms with Crippen LogP contribution < -0.4 is 0 Å². The third kappa shape index (κ3) is 13.2. The lowest BCUT2D eigenvalue weighted by atomic mass is 9.71. The van der Waals surface area contributed by atoms with Gasteiger partial charge >= 0.3 is 5.97 Å². The van der Waals surface area contributed by atoms with E-state index in [0.717, 1.165) is 25.7 Å². The molecule has 1 N–H and O–H groups in total. The molecule has 3 nitrogen and oxygen atoms in total. The summed E-state index contributed by atoms with van der Waals surface area (Å²) in [5.74, 6) is -0.203. The highest BCUT2D eigenvalue weighted by Gasteiger charge is 2.34. The average molecular weight is 611 g/mol. The first-order valence-electron chi connectivity index (χ1n) is 16.3. The van der Waals surface area contributed by atoms with Gasteiger partial charge in [0.2, 0.25) is 0 Å². The Hall–Kier alpha value is -3.43. The van der Waals surface area contributed by atoms with Gasteiger partial charge in [0.05, 0.1) is 6.10 Å². The molecule has 0 radical (unpaired) electrons. The van der Waals surface area contributed by atoms with Crippen LogP contribution in [0.3, 0.4) is 0 Å². The van der Waals surface area contributed by atoms with Crippen molar-refractivity contribution in [1.82, 2.24) is 0 Å². The molecule has 2 aliphatic carbocycles. The molecule has 2 atom stereocenters. The van der Waals surface area contributed by atoms with Crippen LogP contribution in [-0.4, -0.2) is 23.3 Å². The minimum Gasteiger partial charge on any atom is -0.462 e. The summed E-state index contributed by atoms with van der Waals surface area (Å²) in [6.45, 7) is 23.1. The van der Waals surface area contributed by atoms with E-state index in [9.17, 15) is 9.90 Å². The van der Waals surface area contributed by atoms with Gasteiger partial charge in [0.15, 0.2) is 0 Å². The molecular formula is C42H58O3. The van der Waals surface area contributed by atoms with Crippen LogP contribution in [-0.2, 0) is 9.53 Å². The minimum absolute atomic E-state index is 0.0000674. The monoisotopic (exact) mass is 610 g/mol. The van der Waals surface area contributed by atoms with Crippen molar-refractivity contribution in [2.45, 2.75) is 114 Å². The molecule has 0 amide bonds. The number of hydrogen-bond donors (Lipinski definition) is 1. The van der Waals surface area contributed by atoms with Gasteiger partial charge in [0.1, 0.15) is 6.10 Å². The number of carbonyl (C=O) groups is 1. The van der Waals surface area contributed by atoms with E-state index < -0.39 is 0 Å². The second-order valence-corrected chi connectivity index (χ2v) is 14.3. The molecule has 0 aromatic rings. The molecule has 2 rings (SSSR count). The maximum absolute atomic E-state index is 11.4. The molecule has 0 aliphatic heterocycles. The molecule has 0 saturated carbocycles. The van der Waals surface area contributed by atoms with Gasteiger partial charge in [-0.2, -0.15) is 0 Å². The average Bonchev–Trinajstić information content (AvgIpc) is 2.88. The summed E-state index contributed by atoms with van der Waals surface area (Å²) in [6, 6.07) is 0. The van der Waals surface area contributed by atoms with Crippen molar-refractivity contribution in [2.75, 3.05) is 0 Å². The molecule has 0 spiro atoms. The second-order valence-electron chi connectivity index (χ2n) is 14.3. The van der Waals surface area contributed by atoms with E-state index in [-0.39, 0.29) is 29.0 Å². The molecule has 2 aliphatic rings. The van der Waals surface area contributed by atoms with Crippen LogP contribution in [0.4, 0.5) is 0 Å². The number of hydrogen-bond acceptors (Lipinski definition) is 3. The van der Waals surface area contributed by atoms with Gasteiger partial charge in [-0.25, -0.2) is 0 Å². The summed E-state index contributed by atoms with van der Waals surface area (Å²) in [4.78, 5) is 11.4.